The average Bonchev–Trinajstić information content (AvgIpc) is 3.48. The molecule has 2 aliphatic rings. The van der Waals surface area contributed by atoms with Gasteiger partial charge in [0.05, 0.1) is 32.8 Å². The molecular weight excluding hydrogens is 708 g/mol. The fraction of sp³-hybridized carbons (Fsp3) is 0.514. The first-order valence-corrected chi connectivity index (χ1v) is 17.5. The Bertz CT molecular complexity index is 1430. The molecule has 0 spiro atoms. The van der Waals surface area contributed by atoms with Gasteiger partial charge in [-0.3, -0.25) is 19.2 Å². The van der Waals surface area contributed by atoms with Crippen molar-refractivity contribution >= 4 is 35.8 Å². The summed E-state index contributed by atoms with van der Waals surface area (Å²) in [5.41, 5.74) is 6.87. The van der Waals surface area contributed by atoms with Crippen LogP contribution in [-0.4, -0.2) is 115 Å². The second-order valence-corrected chi connectivity index (χ2v) is 11.7. The van der Waals surface area contributed by atoms with E-state index in [0.29, 0.717) is 52.5 Å². The fourth-order valence-corrected chi connectivity index (χ4v) is 4.76. The molecule has 2 heterocycles. The van der Waals surface area contributed by atoms with Crippen LogP contribution in [-0.2, 0) is 63.7 Å². The first-order chi connectivity index (χ1) is 26.1. The van der Waals surface area contributed by atoms with Gasteiger partial charge in [-0.15, -0.1) is 0 Å². The van der Waals surface area contributed by atoms with Crippen molar-refractivity contribution in [2.24, 2.45) is 11.7 Å². The highest BCUT2D eigenvalue weighted by Crippen LogP contribution is 2.39. The number of alkyl carbamates (subject to hydrolysis) is 1. The number of benzene rings is 2. The van der Waals surface area contributed by atoms with E-state index in [-0.39, 0.29) is 18.9 Å². The predicted molar refractivity (Wildman–Crippen MR) is 192 cm³/mol. The lowest BCUT2D eigenvalue weighted by molar-refractivity contribution is -0.190. The second kappa shape index (κ2) is 26.8. The van der Waals surface area contributed by atoms with E-state index >= 15 is 0 Å². The Hall–Kier alpha value is -4.94. The first-order valence-electron chi connectivity index (χ1n) is 17.5. The number of cyclic esters (lactones) is 3. The normalized spacial score (nSPS) is 17.5. The van der Waals surface area contributed by atoms with Crippen LogP contribution in [0.4, 0.5) is 4.79 Å². The average molecular weight is 761 g/mol. The van der Waals surface area contributed by atoms with Crippen LogP contribution in [0, 0.1) is 5.92 Å². The van der Waals surface area contributed by atoms with Crippen molar-refractivity contribution < 1.29 is 61.9 Å². The van der Waals surface area contributed by atoms with E-state index in [4.69, 9.17) is 34.2 Å². The first kappa shape index (κ1) is 45.2. The quantitative estimate of drug-likeness (QED) is 0.0609. The molecule has 54 heavy (non-hydrogen) atoms. The standard InChI is InChI=1S/C19H26N2O6.C12H11NO5.C6H15NO2/c1-13(22)21-16(18(23)20-9-6-10-26-12-11-25-2)15-17(27-19(15)24)14-7-4-3-5-8-14;14-10(6-9-11(15)18-12(16)13-9)17-7-8-4-2-1-3-5-8;1-8-5-6-9-4-2-3-7/h3-5,7-8,15-17H,6,9-12H2,1-2H3,(H,20,23)(H,21,22);1-5,9H,6-7H2,(H,13,16);2-7H2,1H3. The minimum Gasteiger partial charge on any atom is -0.461 e. The van der Waals surface area contributed by atoms with Crippen LogP contribution in [0.25, 0.3) is 0 Å². The number of carbonyl (C=O) groups excluding carboxylic acids is 6. The molecular formula is C37H52N4O13. The molecule has 2 aromatic carbocycles. The molecule has 4 rings (SSSR count). The van der Waals surface area contributed by atoms with E-state index in [1.807, 2.05) is 60.7 Å². The van der Waals surface area contributed by atoms with Crippen LogP contribution >= 0.6 is 0 Å². The monoisotopic (exact) mass is 760 g/mol. The van der Waals surface area contributed by atoms with Crippen LogP contribution in [0.2, 0.25) is 0 Å². The van der Waals surface area contributed by atoms with E-state index < -0.39 is 54.0 Å². The van der Waals surface area contributed by atoms with Crippen molar-refractivity contribution in [3.8, 4) is 0 Å². The number of nitrogens with two attached hydrogens (primary N) is 1. The molecule has 298 valence electrons. The van der Waals surface area contributed by atoms with Gasteiger partial charge in [0.15, 0.2) is 0 Å². The van der Waals surface area contributed by atoms with Crippen LogP contribution in [0.3, 0.4) is 0 Å². The number of ether oxygens (including phenoxy) is 7. The minimum absolute atomic E-state index is 0.134. The molecule has 17 nitrogen and oxygen atoms in total. The molecule has 4 atom stereocenters. The zero-order valence-corrected chi connectivity index (χ0v) is 31.0. The molecule has 0 radical (unpaired) electrons. The maximum Gasteiger partial charge on any atom is 0.415 e. The van der Waals surface area contributed by atoms with Gasteiger partial charge in [0.2, 0.25) is 11.8 Å². The molecule has 2 saturated heterocycles. The van der Waals surface area contributed by atoms with Crippen molar-refractivity contribution in [2.45, 2.75) is 51.0 Å². The Kier molecular flexibility index (Phi) is 22.4. The second-order valence-electron chi connectivity index (χ2n) is 11.7. The van der Waals surface area contributed by atoms with Crippen molar-refractivity contribution in [1.29, 1.82) is 0 Å². The zero-order chi connectivity index (χ0) is 39.6. The van der Waals surface area contributed by atoms with Crippen LogP contribution < -0.4 is 21.7 Å². The van der Waals surface area contributed by atoms with E-state index in [0.717, 1.165) is 24.2 Å². The summed E-state index contributed by atoms with van der Waals surface area (Å²) in [5, 5.41) is 7.55. The van der Waals surface area contributed by atoms with Gasteiger partial charge < -0.3 is 54.8 Å². The molecule has 4 unspecified atom stereocenters. The van der Waals surface area contributed by atoms with Crippen molar-refractivity contribution in [2.75, 3.05) is 67.0 Å². The van der Waals surface area contributed by atoms with Crippen LogP contribution in [0.5, 0.6) is 0 Å². The summed E-state index contributed by atoms with van der Waals surface area (Å²) < 4.78 is 34.5. The summed E-state index contributed by atoms with van der Waals surface area (Å²) >= 11 is 0. The van der Waals surface area contributed by atoms with Gasteiger partial charge in [0.1, 0.15) is 30.7 Å². The number of methoxy groups -OCH3 is 2. The topological polar surface area (TPSA) is 229 Å². The zero-order valence-electron chi connectivity index (χ0n) is 31.0. The maximum absolute atomic E-state index is 12.6. The molecule has 5 N–H and O–H groups in total. The Labute approximate surface area is 314 Å². The van der Waals surface area contributed by atoms with E-state index in [2.05, 4.69) is 20.7 Å². The van der Waals surface area contributed by atoms with Gasteiger partial charge in [0, 0.05) is 40.9 Å². The maximum atomic E-state index is 12.6. The van der Waals surface area contributed by atoms with E-state index in [1.54, 1.807) is 14.2 Å². The third-order valence-corrected chi connectivity index (χ3v) is 7.47. The van der Waals surface area contributed by atoms with Gasteiger partial charge in [-0.05, 0) is 30.5 Å². The van der Waals surface area contributed by atoms with Crippen molar-refractivity contribution in [3.63, 3.8) is 0 Å². The van der Waals surface area contributed by atoms with Gasteiger partial charge in [-0.1, -0.05) is 60.7 Å². The SMILES string of the molecule is COCCOCCCN.COCCOCCCNC(=O)C(NC(C)=O)C1C(=O)OC1c1ccccc1.O=C(CC1NC(=O)OC1=O)OCc1ccccc1. The summed E-state index contributed by atoms with van der Waals surface area (Å²) in [6, 6.07) is 16.4. The minimum atomic E-state index is -0.983. The Morgan fingerprint density at radius 3 is 1.98 bits per heavy atom. The number of hydrogen-bond donors (Lipinski definition) is 4. The number of hydrogen-bond acceptors (Lipinski definition) is 14. The number of carbonyl (C=O) groups is 6. The Morgan fingerprint density at radius 1 is 0.833 bits per heavy atom. The molecule has 0 aliphatic carbocycles. The van der Waals surface area contributed by atoms with E-state index in [1.165, 1.54) is 6.92 Å². The molecule has 2 aliphatic heterocycles. The summed E-state index contributed by atoms with van der Waals surface area (Å²) in [4.78, 5) is 69.4. The van der Waals surface area contributed by atoms with Crippen LogP contribution in [0.15, 0.2) is 60.7 Å². The molecule has 3 amide bonds. The Morgan fingerprint density at radius 2 is 1.44 bits per heavy atom. The highest BCUT2D eigenvalue weighted by Gasteiger charge is 2.51. The molecule has 2 fully saturated rings. The third-order valence-electron chi connectivity index (χ3n) is 7.47. The number of rotatable bonds is 21. The number of esters is 3. The highest BCUT2D eigenvalue weighted by atomic mass is 16.6. The van der Waals surface area contributed by atoms with Gasteiger partial charge in [0.25, 0.3) is 0 Å². The Balaban J connectivity index is 0.000000319. The summed E-state index contributed by atoms with van der Waals surface area (Å²) in [5.74, 6) is -3.37. The molecule has 17 heteroatoms. The molecule has 0 saturated carbocycles. The summed E-state index contributed by atoms with van der Waals surface area (Å²) in [7, 11) is 3.26. The highest BCUT2D eigenvalue weighted by molar-refractivity contribution is 5.97. The van der Waals surface area contributed by atoms with Gasteiger partial charge in [-0.2, -0.15) is 0 Å². The van der Waals surface area contributed by atoms with Crippen LogP contribution in [0.1, 0.15) is 43.4 Å². The number of amides is 3. The van der Waals surface area contributed by atoms with E-state index in [9.17, 15) is 28.8 Å². The lowest BCUT2D eigenvalue weighted by Crippen LogP contribution is -2.59. The van der Waals surface area contributed by atoms with Gasteiger partial charge >= 0.3 is 24.0 Å². The summed E-state index contributed by atoms with van der Waals surface area (Å²) in [6.07, 6.45) is -0.0693. The smallest absolute Gasteiger partial charge is 0.415 e. The predicted octanol–water partition coefficient (Wildman–Crippen LogP) is 1.33. The van der Waals surface area contributed by atoms with Gasteiger partial charge in [-0.25, -0.2) is 9.59 Å². The number of nitrogens with one attached hydrogen (secondary N) is 3. The van der Waals surface area contributed by atoms with Crippen molar-refractivity contribution in [1.82, 2.24) is 16.0 Å². The largest absolute Gasteiger partial charge is 0.461 e. The lowest BCUT2D eigenvalue weighted by atomic mass is 9.84. The fourth-order valence-electron chi connectivity index (χ4n) is 4.76. The summed E-state index contributed by atoms with van der Waals surface area (Å²) in [6.45, 7) is 6.11. The lowest BCUT2D eigenvalue weighted by Gasteiger charge is -2.39. The molecule has 0 aromatic heterocycles. The molecule has 0 bridgehead atoms. The third kappa shape index (κ3) is 17.7. The molecule has 2 aromatic rings. The van der Waals surface area contributed by atoms with Crippen molar-refractivity contribution in [3.05, 3.63) is 71.8 Å².